The van der Waals surface area contributed by atoms with Crippen LogP contribution in [0.5, 0.6) is 0 Å². The van der Waals surface area contributed by atoms with Crippen LogP contribution >= 0.6 is 11.6 Å². The van der Waals surface area contributed by atoms with Crippen molar-refractivity contribution >= 4 is 11.6 Å². The van der Waals surface area contributed by atoms with Gasteiger partial charge in [-0.25, -0.2) is 0 Å². The molecule has 0 aliphatic heterocycles. The molecule has 1 N–H and O–H groups in total. The van der Waals surface area contributed by atoms with Gasteiger partial charge in [-0.2, -0.15) is 0 Å². The number of aromatic nitrogens is 1. The average molecular weight is 261 g/mol. The number of aryl methyl sites for hydroxylation is 1. The summed E-state index contributed by atoms with van der Waals surface area (Å²) in [5.41, 5.74) is 3.42. The Morgan fingerprint density at radius 2 is 2.06 bits per heavy atom. The number of rotatable bonds is 4. The highest BCUT2D eigenvalue weighted by molar-refractivity contribution is 6.31. The predicted octanol–water partition coefficient (Wildman–Crippen LogP) is 3.55. The highest BCUT2D eigenvalue weighted by Gasteiger charge is 2.13. The fourth-order valence-electron chi connectivity index (χ4n) is 1.99. The van der Waals surface area contributed by atoms with Gasteiger partial charge >= 0.3 is 0 Å². The number of nitrogens with one attached hydrogen (secondary N) is 1. The van der Waals surface area contributed by atoms with Gasteiger partial charge in [-0.15, -0.1) is 0 Å². The van der Waals surface area contributed by atoms with Crippen molar-refractivity contribution in [3.8, 4) is 0 Å². The molecule has 2 nitrogen and oxygen atoms in total. The predicted molar refractivity (Wildman–Crippen MR) is 75.9 cm³/mol. The van der Waals surface area contributed by atoms with Gasteiger partial charge in [-0.05, 0) is 49.7 Å². The minimum atomic E-state index is 0.185. The second kappa shape index (κ2) is 5.98. The highest BCUT2D eigenvalue weighted by atomic mass is 35.5. The van der Waals surface area contributed by atoms with Crippen LogP contribution in [-0.4, -0.2) is 12.0 Å². The molecule has 3 heteroatoms. The van der Waals surface area contributed by atoms with E-state index in [-0.39, 0.29) is 6.04 Å². The summed E-state index contributed by atoms with van der Waals surface area (Å²) in [6.45, 7) is 2.08. The quantitative estimate of drug-likeness (QED) is 0.910. The Morgan fingerprint density at radius 1 is 1.28 bits per heavy atom. The fraction of sp³-hybridized carbons (Fsp3) is 0.267. The van der Waals surface area contributed by atoms with E-state index in [4.69, 9.17) is 11.6 Å². The number of pyridine rings is 1. The molecular formula is C15H17ClN2. The molecule has 0 saturated carbocycles. The van der Waals surface area contributed by atoms with Gasteiger partial charge in [0.1, 0.15) is 0 Å². The van der Waals surface area contributed by atoms with E-state index in [0.29, 0.717) is 0 Å². The van der Waals surface area contributed by atoms with Crippen molar-refractivity contribution in [3.63, 3.8) is 0 Å². The lowest BCUT2D eigenvalue weighted by Crippen LogP contribution is -2.20. The normalized spacial score (nSPS) is 12.4. The number of likely N-dealkylation sites (N-methyl/N-ethyl adjacent to an activating group) is 1. The number of nitrogens with zero attached hydrogens (tertiary/aromatic N) is 1. The fourth-order valence-corrected chi connectivity index (χ4v) is 2.20. The Hall–Kier alpha value is -1.38. The first kappa shape index (κ1) is 13.1. The Labute approximate surface area is 113 Å². The van der Waals surface area contributed by atoms with Crippen LogP contribution in [0.15, 0.2) is 42.6 Å². The third kappa shape index (κ3) is 3.09. The average Bonchev–Trinajstić information content (AvgIpc) is 2.38. The summed E-state index contributed by atoms with van der Waals surface area (Å²) in [5.74, 6) is 0. The smallest absolute Gasteiger partial charge is 0.0579 e. The van der Waals surface area contributed by atoms with E-state index in [1.165, 1.54) is 5.56 Å². The molecule has 1 atom stereocenters. The molecule has 0 amide bonds. The van der Waals surface area contributed by atoms with Crippen molar-refractivity contribution < 1.29 is 0 Å². The van der Waals surface area contributed by atoms with Crippen LogP contribution in [0.3, 0.4) is 0 Å². The number of halogens is 1. The summed E-state index contributed by atoms with van der Waals surface area (Å²) in [6.07, 6.45) is 2.69. The molecular weight excluding hydrogens is 244 g/mol. The van der Waals surface area contributed by atoms with Gasteiger partial charge in [-0.1, -0.05) is 29.8 Å². The molecule has 2 rings (SSSR count). The molecule has 1 unspecified atom stereocenters. The summed E-state index contributed by atoms with van der Waals surface area (Å²) < 4.78 is 0. The number of benzene rings is 1. The lowest BCUT2D eigenvalue weighted by molar-refractivity contribution is 0.575. The third-order valence-corrected chi connectivity index (χ3v) is 3.39. The SMILES string of the molecule is CNC(Cc1ccccc1Cl)c1cc(C)ccn1. The Kier molecular flexibility index (Phi) is 4.34. The van der Waals surface area contributed by atoms with Gasteiger partial charge in [-0.3, -0.25) is 4.98 Å². The molecule has 0 saturated heterocycles. The van der Waals surface area contributed by atoms with Gasteiger partial charge in [0.05, 0.1) is 11.7 Å². The molecule has 2 aromatic rings. The van der Waals surface area contributed by atoms with Crippen LogP contribution in [-0.2, 0) is 6.42 Å². The summed E-state index contributed by atoms with van der Waals surface area (Å²) in [4.78, 5) is 4.43. The minimum Gasteiger partial charge on any atom is -0.311 e. The summed E-state index contributed by atoms with van der Waals surface area (Å²) in [5, 5.41) is 4.11. The van der Waals surface area contributed by atoms with Crippen molar-refractivity contribution in [1.82, 2.24) is 10.3 Å². The van der Waals surface area contributed by atoms with E-state index in [1.807, 2.05) is 37.5 Å². The van der Waals surface area contributed by atoms with E-state index in [0.717, 1.165) is 22.7 Å². The minimum absolute atomic E-state index is 0.185. The zero-order valence-electron chi connectivity index (χ0n) is 10.7. The number of hydrogen-bond acceptors (Lipinski definition) is 2. The van der Waals surface area contributed by atoms with Crippen molar-refractivity contribution in [2.24, 2.45) is 0 Å². The van der Waals surface area contributed by atoms with Gasteiger partial charge < -0.3 is 5.32 Å². The van der Waals surface area contributed by atoms with Crippen LogP contribution in [0.1, 0.15) is 22.9 Å². The van der Waals surface area contributed by atoms with Crippen LogP contribution in [0.2, 0.25) is 5.02 Å². The molecule has 0 fully saturated rings. The van der Waals surface area contributed by atoms with Crippen LogP contribution in [0, 0.1) is 6.92 Å². The van der Waals surface area contributed by atoms with E-state index in [9.17, 15) is 0 Å². The number of hydrogen-bond donors (Lipinski definition) is 1. The van der Waals surface area contributed by atoms with Crippen LogP contribution in [0.25, 0.3) is 0 Å². The van der Waals surface area contributed by atoms with E-state index < -0.39 is 0 Å². The first-order valence-corrected chi connectivity index (χ1v) is 6.41. The van der Waals surface area contributed by atoms with Gasteiger partial charge in [0.2, 0.25) is 0 Å². The topological polar surface area (TPSA) is 24.9 Å². The molecule has 18 heavy (non-hydrogen) atoms. The lowest BCUT2D eigenvalue weighted by atomic mass is 10.0. The largest absolute Gasteiger partial charge is 0.311 e. The van der Waals surface area contributed by atoms with Gasteiger partial charge in [0, 0.05) is 11.2 Å². The maximum Gasteiger partial charge on any atom is 0.0579 e. The molecule has 0 aliphatic carbocycles. The molecule has 0 radical (unpaired) electrons. The zero-order valence-corrected chi connectivity index (χ0v) is 11.4. The molecule has 1 heterocycles. The van der Waals surface area contributed by atoms with Gasteiger partial charge in [0.15, 0.2) is 0 Å². The van der Waals surface area contributed by atoms with E-state index >= 15 is 0 Å². The third-order valence-electron chi connectivity index (χ3n) is 3.02. The van der Waals surface area contributed by atoms with E-state index in [2.05, 4.69) is 29.4 Å². The monoisotopic (exact) mass is 260 g/mol. The van der Waals surface area contributed by atoms with Crippen molar-refractivity contribution in [2.45, 2.75) is 19.4 Å². The molecule has 0 spiro atoms. The van der Waals surface area contributed by atoms with Crippen LogP contribution in [0.4, 0.5) is 0 Å². The maximum atomic E-state index is 6.20. The first-order valence-electron chi connectivity index (χ1n) is 6.04. The molecule has 1 aromatic carbocycles. The Morgan fingerprint density at radius 3 is 2.72 bits per heavy atom. The highest BCUT2D eigenvalue weighted by Crippen LogP contribution is 2.22. The second-order valence-electron chi connectivity index (χ2n) is 4.39. The molecule has 1 aromatic heterocycles. The lowest BCUT2D eigenvalue weighted by Gasteiger charge is -2.16. The van der Waals surface area contributed by atoms with Gasteiger partial charge in [0.25, 0.3) is 0 Å². The summed E-state index contributed by atoms with van der Waals surface area (Å²) in [7, 11) is 1.95. The first-order chi connectivity index (χ1) is 8.70. The second-order valence-corrected chi connectivity index (χ2v) is 4.80. The molecule has 0 aliphatic rings. The maximum absolute atomic E-state index is 6.20. The van der Waals surface area contributed by atoms with E-state index in [1.54, 1.807) is 0 Å². The van der Waals surface area contributed by atoms with Crippen LogP contribution < -0.4 is 5.32 Å². The van der Waals surface area contributed by atoms with Crippen molar-refractivity contribution in [3.05, 3.63) is 64.4 Å². The Bertz CT molecular complexity index is 525. The standard InChI is InChI=1S/C15H17ClN2/c1-11-7-8-18-15(9-11)14(17-2)10-12-5-3-4-6-13(12)16/h3-9,14,17H,10H2,1-2H3. The summed E-state index contributed by atoms with van der Waals surface area (Å²) in [6, 6.07) is 12.2. The molecule has 94 valence electrons. The Balaban J connectivity index is 2.23. The molecule has 0 bridgehead atoms. The zero-order chi connectivity index (χ0) is 13.0. The van der Waals surface area contributed by atoms with Crippen molar-refractivity contribution in [2.75, 3.05) is 7.05 Å². The van der Waals surface area contributed by atoms with Crippen molar-refractivity contribution in [1.29, 1.82) is 0 Å². The summed E-state index contributed by atoms with van der Waals surface area (Å²) >= 11 is 6.20.